The predicted octanol–water partition coefficient (Wildman–Crippen LogP) is 2.49. The first-order valence-corrected chi connectivity index (χ1v) is 6.10. The van der Waals surface area contributed by atoms with Gasteiger partial charge in [0.1, 0.15) is 18.5 Å². The molecule has 0 saturated carbocycles. The molecule has 0 atom stereocenters. The number of anilines is 1. The maximum Gasteiger partial charge on any atom is 0.224 e. The lowest BCUT2D eigenvalue weighted by Crippen LogP contribution is -2.13. The van der Waals surface area contributed by atoms with Crippen molar-refractivity contribution in [2.45, 2.75) is 19.4 Å². The van der Waals surface area contributed by atoms with Gasteiger partial charge in [-0.05, 0) is 24.6 Å². The first-order chi connectivity index (χ1) is 9.15. The van der Waals surface area contributed by atoms with Crippen LogP contribution in [0.1, 0.15) is 12.8 Å². The standard InChI is InChI=1S/C12H12ClFN4O/c13-9-3-4-11(10(14)6-9)17-12(19)2-1-5-18-8-15-7-16-18/h3-4,6-8H,1-2,5H2,(H,17,19). The maximum absolute atomic E-state index is 13.4. The monoisotopic (exact) mass is 282 g/mol. The number of nitrogens with one attached hydrogen (secondary N) is 1. The van der Waals surface area contributed by atoms with Crippen LogP contribution in [0.5, 0.6) is 0 Å². The van der Waals surface area contributed by atoms with E-state index in [2.05, 4.69) is 15.4 Å². The van der Waals surface area contributed by atoms with Crippen molar-refractivity contribution in [2.75, 3.05) is 5.32 Å². The molecule has 1 heterocycles. The second-order valence-corrected chi connectivity index (χ2v) is 4.37. The van der Waals surface area contributed by atoms with Gasteiger partial charge in [0, 0.05) is 18.0 Å². The summed E-state index contributed by atoms with van der Waals surface area (Å²) in [6.07, 6.45) is 3.90. The van der Waals surface area contributed by atoms with Gasteiger partial charge in [-0.2, -0.15) is 5.10 Å². The number of carbonyl (C=O) groups excluding carboxylic acids is 1. The smallest absolute Gasteiger partial charge is 0.224 e. The molecule has 1 aromatic heterocycles. The highest BCUT2D eigenvalue weighted by Crippen LogP contribution is 2.19. The van der Waals surface area contributed by atoms with Gasteiger partial charge in [0.15, 0.2) is 0 Å². The molecule has 1 amide bonds. The van der Waals surface area contributed by atoms with Crippen LogP contribution in [-0.4, -0.2) is 20.7 Å². The van der Waals surface area contributed by atoms with E-state index in [9.17, 15) is 9.18 Å². The van der Waals surface area contributed by atoms with Gasteiger partial charge in [-0.25, -0.2) is 9.37 Å². The number of aromatic nitrogens is 3. The summed E-state index contributed by atoms with van der Waals surface area (Å²) >= 11 is 5.63. The summed E-state index contributed by atoms with van der Waals surface area (Å²) in [5, 5.41) is 6.71. The van der Waals surface area contributed by atoms with Crippen LogP contribution in [0, 0.1) is 5.82 Å². The Morgan fingerprint density at radius 2 is 2.32 bits per heavy atom. The molecule has 0 saturated heterocycles. The predicted molar refractivity (Wildman–Crippen MR) is 69.3 cm³/mol. The Morgan fingerprint density at radius 1 is 1.47 bits per heavy atom. The first kappa shape index (κ1) is 13.5. The number of hydrogen-bond donors (Lipinski definition) is 1. The van der Waals surface area contributed by atoms with Crippen molar-refractivity contribution >= 4 is 23.2 Å². The van der Waals surface area contributed by atoms with E-state index in [-0.39, 0.29) is 18.0 Å². The molecule has 0 bridgehead atoms. The fraction of sp³-hybridized carbons (Fsp3) is 0.250. The van der Waals surface area contributed by atoms with Gasteiger partial charge in [0.05, 0.1) is 5.69 Å². The van der Waals surface area contributed by atoms with E-state index < -0.39 is 5.82 Å². The van der Waals surface area contributed by atoms with Crippen LogP contribution in [-0.2, 0) is 11.3 Å². The van der Waals surface area contributed by atoms with Gasteiger partial charge in [-0.1, -0.05) is 11.6 Å². The molecule has 100 valence electrons. The highest BCUT2D eigenvalue weighted by molar-refractivity contribution is 6.30. The van der Waals surface area contributed by atoms with E-state index in [0.29, 0.717) is 18.0 Å². The third kappa shape index (κ3) is 4.03. The summed E-state index contributed by atoms with van der Waals surface area (Å²) in [4.78, 5) is 15.4. The van der Waals surface area contributed by atoms with Gasteiger partial charge in [0.2, 0.25) is 5.91 Å². The van der Waals surface area contributed by atoms with Gasteiger partial charge >= 0.3 is 0 Å². The minimum atomic E-state index is -0.544. The van der Waals surface area contributed by atoms with Crippen LogP contribution in [0.2, 0.25) is 5.02 Å². The lowest BCUT2D eigenvalue weighted by Gasteiger charge is -2.06. The summed E-state index contributed by atoms with van der Waals surface area (Å²) < 4.78 is 15.1. The SMILES string of the molecule is O=C(CCCn1cncn1)Nc1ccc(Cl)cc1F. The largest absolute Gasteiger partial charge is 0.324 e. The topological polar surface area (TPSA) is 59.8 Å². The highest BCUT2D eigenvalue weighted by Gasteiger charge is 2.07. The third-order valence-electron chi connectivity index (χ3n) is 2.46. The van der Waals surface area contributed by atoms with Crippen LogP contribution < -0.4 is 5.32 Å². The molecular weight excluding hydrogens is 271 g/mol. The normalized spacial score (nSPS) is 10.4. The molecule has 2 aromatic rings. The Morgan fingerprint density at radius 3 is 3.00 bits per heavy atom. The van der Waals surface area contributed by atoms with E-state index in [1.165, 1.54) is 18.5 Å². The zero-order valence-electron chi connectivity index (χ0n) is 10.0. The van der Waals surface area contributed by atoms with Crippen molar-refractivity contribution in [1.29, 1.82) is 0 Å². The fourth-order valence-electron chi connectivity index (χ4n) is 1.55. The molecule has 7 heteroatoms. The van der Waals surface area contributed by atoms with Gasteiger partial charge < -0.3 is 5.32 Å². The Balaban J connectivity index is 1.80. The highest BCUT2D eigenvalue weighted by atomic mass is 35.5. The summed E-state index contributed by atoms with van der Waals surface area (Å²) in [5.41, 5.74) is 0.134. The summed E-state index contributed by atoms with van der Waals surface area (Å²) in [7, 11) is 0. The zero-order chi connectivity index (χ0) is 13.7. The summed E-state index contributed by atoms with van der Waals surface area (Å²) in [6, 6.07) is 4.12. The van der Waals surface area contributed by atoms with E-state index in [1.807, 2.05) is 0 Å². The molecule has 0 spiro atoms. The van der Waals surface area contributed by atoms with Gasteiger partial charge in [-0.15, -0.1) is 0 Å². The minimum absolute atomic E-state index is 0.134. The van der Waals surface area contributed by atoms with Crippen LogP contribution in [0.15, 0.2) is 30.9 Å². The first-order valence-electron chi connectivity index (χ1n) is 5.72. The third-order valence-corrected chi connectivity index (χ3v) is 2.70. The summed E-state index contributed by atoms with van der Waals surface area (Å²) in [5.74, 6) is -0.793. The van der Waals surface area contributed by atoms with Crippen molar-refractivity contribution in [3.63, 3.8) is 0 Å². The van der Waals surface area contributed by atoms with Crippen molar-refractivity contribution < 1.29 is 9.18 Å². The average Bonchev–Trinajstić information content (AvgIpc) is 2.86. The molecule has 1 aromatic carbocycles. The second kappa shape index (κ2) is 6.29. The molecule has 0 aliphatic rings. The van der Waals surface area contributed by atoms with Gasteiger partial charge in [-0.3, -0.25) is 9.48 Å². The Bertz CT molecular complexity index is 559. The molecular formula is C12H12ClFN4O. The number of nitrogens with zero attached hydrogens (tertiary/aromatic N) is 3. The number of rotatable bonds is 5. The number of aryl methyl sites for hydroxylation is 1. The molecule has 0 aliphatic carbocycles. The lowest BCUT2D eigenvalue weighted by atomic mass is 10.2. The Labute approximate surface area is 114 Å². The molecule has 1 N–H and O–H groups in total. The molecule has 2 rings (SSSR count). The number of carbonyl (C=O) groups is 1. The number of hydrogen-bond acceptors (Lipinski definition) is 3. The van der Waals surface area contributed by atoms with E-state index in [0.717, 1.165) is 6.07 Å². The quantitative estimate of drug-likeness (QED) is 0.916. The summed E-state index contributed by atoms with van der Waals surface area (Å²) in [6.45, 7) is 0.594. The van der Waals surface area contributed by atoms with E-state index in [4.69, 9.17) is 11.6 Å². The van der Waals surface area contributed by atoms with Crippen LogP contribution in [0.3, 0.4) is 0 Å². The molecule has 0 unspecified atom stereocenters. The molecule has 0 fully saturated rings. The minimum Gasteiger partial charge on any atom is -0.324 e. The molecule has 5 nitrogen and oxygen atoms in total. The number of halogens is 2. The lowest BCUT2D eigenvalue weighted by molar-refractivity contribution is -0.116. The Kier molecular flexibility index (Phi) is 4.46. The van der Waals surface area contributed by atoms with Crippen LogP contribution in [0.4, 0.5) is 10.1 Å². The second-order valence-electron chi connectivity index (χ2n) is 3.93. The van der Waals surface area contributed by atoms with E-state index >= 15 is 0 Å². The van der Waals surface area contributed by atoms with E-state index in [1.54, 1.807) is 11.0 Å². The molecule has 0 radical (unpaired) electrons. The van der Waals surface area contributed by atoms with Crippen LogP contribution in [0.25, 0.3) is 0 Å². The van der Waals surface area contributed by atoms with Crippen molar-refractivity contribution in [1.82, 2.24) is 14.8 Å². The molecule has 19 heavy (non-hydrogen) atoms. The molecule has 0 aliphatic heterocycles. The van der Waals surface area contributed by atoms with Gasteiger partial charge in [0.25, 0.3) is 0 Å². The zero-order valence-corrected chi connectivity index (χ0v) is 10.8. The fourth-order valence-corrected chi connectivity index (χ4v) is 1.71. The van der Waals surface area contributed by atoms with Crippen molar-refractivity contribution in [3.8, 4) is 0 Å². The Hall–Kier alpha value is -1.95. The van der Waals surface area contributed by atoms with Crippen molar-refractivity contribution in [3.05, 3.63) is 41.7 Å². The van der Waals surface area contributed by atoms with Crippen molar-refractivity contribution in [2.24, 2.45) is 0 Å². The average molecular weight is 283 g/mol. The van der Waals surface area contributed by atoms with Crippen LogP contribution >= 0.6 is 11.6 Å². The number of benzene rings is 1. The number of amides is 1. The maximum atomic E-state index is 13.4.